The highest BCUT2D eigenvalue weighted by molar-refractivity contribution is 5.68. The summed E-state index contributed by atoms with van der Waals surface area (Å²) >= 11 is 0. The zero-order chi connectivity index (χ0) is 10.2. The first-order valence-corrected chi connectivity index (χ1v) is 5.75. The second-order valence-electron chi connectivity index (χ2n) is 4.01. The first-order chi connectivity index (χ1) is 6.83. The van der Waals surface area contributed by atoms with E-state index in [2.05, 4.69) is 5.48 Å². The first-order valence-electron chi connectivity index (χ1n) is 5.75. The highest BCUT2D eigenvalue weighted by Gasteiger charge is 2.12. The van der Waals surface area contributed by atoms with Crippen LogP contribution in [-0.2, 0) is 9.63 Å². The lowest BCUT2D eigenvalue weighted by Gasteiger charge is -2.21. The van der Waals surface area contributed by atoms with Crippen molar-refractivity contribution in [3.8, 4) is 0 Å². The van der Waals surface area contributed by atoms with Crippen LogP contribution in [-0.4, -0.2) is 12.5 Å². The lowest BCUT2D eigenvalue weighted by atomic mass is 9.87. The van der Waals surface area contributed by atoms with Crippen molar-refractivity contribution in [2.24, 2.45) is 5.92 Å². The third-order valence-corrected chi connectivity index (χ3v) is 2.85. The van der Waals surface area contributed by atoms with E-state index in [1.165, 1.54) is 32.1 Å². The molecule has 0 spiro atoms. The van der Waals surface area contributed by atoms with E-state index < -0.39 is 0 Å². The highest BCUT2D eigenvalue weighted by atomic mass is 16.7. The number of hydroxylamine groups is 1. The largest absolute Gasteiger partial charge is 0.371 e. The Morgan fingerprint density at radius 2 is 2.07 bits per heavy atom. The molecule has 1 N–H and O–H groups in total. The topological polar surface area (TPSA) is 38.3 Å². The van der Waals surface area contributed by atoms with E-state index in [1.54, 1.807) is 6.92 Å². The number of hydrogen-bond donors (Lipinski definition) is 1. The molecular weight excluding hydrogens is 178 g/mol. The molecule has 1 rings (SSSR count). The second kappa shape index (κ2) is 6.82. The van der Waals surface area contributed by atoms with Gasteiger partial charge in [-0.2, -0.15) is 5.48 Å². The Morgan fingerprint density at radius 1 is 1.36 bits per heavy atom. The van der Waals surface area contributed by atoms with Gasteiger partial charge >= 0.3 is 5.97 Å². The smallest absolute Gasteiger partial charge is 0.324 e. The van der Waals surface area contributed by atoms with Crippen LogP contribution in [0.5, 0.6) is 0 Å². The molecule has 0 bridgehead atoms. The van der Waals surface area contributed by atoms with Gasteiger partial charge in [-0.15, -0.1) is 0 Å². The minimum Gasteiger partial charge on any atom is -0.371 e. The van der Waals surface area contributed by atoms with Crippen LogP contribution in [0.4, 0.5) is 0 Å². The third-order valence-electron chi connectivity index (χ3n) is 2.85. The molecule has 0 aliphatic heterocycles. The number of carbonyl (C=O) groups is 1. The van der Waals surface area contributed by atoms with Gasteiger partial charge < -0.3 is 4.84 Å². The van der Waals surface area contributed by atoms with Gasteiger partial charge in [0.15, 0.2) is 0 Å². The molecule has 3 nitrogen and oxygen atoms in total. The van der Waals surface area contributed by atoms with E-state index in [-0.39, 0.29) is 5.97 Å². The number of hydrogen-bond acceptors (Lipinski definition) is 3. The molecule has 0 radical (unpaired) electrons. The molecule has 0 saturated heterocycles. The van der Waals surface area contributed by atoms with Crippen LogP contribution in [0.25, 0.3) is 0 Å². The lowest BCUT2D eigenvalue weighted by Crippen LogP contribution is -2.22. The molecule has 82 valence electrons. The van der Waals surface area contributed by atoms with Crippen molar-refractivity contribution in [3.63, 3.8) is 0 Å². The average molecular weight is 199 g/mol. The van der Waals surface area contributed by atoms with Crippen LogP contribution in [0.15, 0.2) is 0 Å². The minimum absolute atomic E-state index is 0.173. The van der Waals surface area contributed by atoms with E-state index in [4.69, 9.17) is 4.84 Å². The van der Waals surface area contributed by atoms with E-state index in [0.29, 0.717) is 6.42 Å². The van der Waals surface area contributed by atoms with Crippen molar-refractivity contribution in [2.45, 2.75) is 51.9 Å². The fourth-order valence-corrected chi connectivity index (χ4v) is 1.94. The van der Waals surface area contributed by atoms with Crippen molar-refractivity contribution in [1.29, 1.82) is 0 Å². The van der Waals surface area contributed by atoms with Gasteiger partial charge in [-0.3, -0.25) is 4.79 Å². The molecule has 0 unspecified atom stereocenters. The van der Waals surface area contributed by atoms with Gasteiger partial charge in [-0.25, -0.2) is 0 Å². The summed E-state index contributed by atoms with van der Waals surface area (Å²) in [6.45, 7) is 2.60. The van der Waals surface area contributed by atoms with E-state index in [9.17, 15) is 4.79 Å². The maximum Gasteiger partial charge on any atom is 0.324 e. The van der Waals surface area contributed by atoms with E-state index >= 15 is 0 Å². The molecule has 1 aliphatic carbocycles. The average Bonchev–Trinajstić information content (AvgIpc) is 2.25. The van der Waals surface area contributed by atoms with Crippen molar-refractivity contribution in [3.05, 3.63) is 0 Å². The van der Waals surface area contributed by atoms with Crippen molar-refractivity contribution in [1.82, 2.24) is 5.48 Å². The summed E-state index contributed by atoms with van der Waals surface area (Å²) in [6.07, 6.45) is 8.42. The normalized spacial score (nSPS) is 18.1. The van der Waals surface area contributed by atoms with Crippen molar-refractivity contribution < 1.29 is 9.63 Å². The molecule has 0 atom stereocenters. The second-order valence-corrected chi connectivity index (χ2v) is 4.01. The summed E-state index contributed by atoms with van der Waals surface area (Å²) in [5.41, 5.74) is 2.73. The predicted molar refractivity (Wildman–Crippen MR) is 55.6 cm³/mol. The monoisotopic (exact) mass is 199 g/mol. The van der Waals surface area contributed by atoms with Crippen LogP contribution in [0.1, 0.15) is 51.9 Å². The Labute approximate surface area is 86.2 Å². The molecule has 0 aromatic rings. The Hall–Kier alpha value is -0.570. The summed E-state index contributed by atoms with van der Waals surface area (Å²) in [5, 5.41) is 0. The minimum atomic E-state index is -0.173. The molecule has 0 aromatic carbocycles. The molecule has 14 heavy (non-hydrogen) atoms. The van der Waals surface area contributed by atoms with Crippen molar-refractivity contribution >= 4 is 5.97 Å². The molecule has 0 aromatic heterocycles. The summed E-state index contributed by atoms with van der Waals surface area (Å²) in [4.78, 5) is 15.6. The fourth-order valence-electron chi connectivity index (χ4n) is 1.94. The van der Waals surface area contributed by atoms with Gasteiger partial charge in [0.05, 0.1) is 0 Å². The standard InChI is InChI=1S/C11H21NO2/c1-2-11(13)14-12-9-8-10-6-4-3-5-7-10/h10,12H,2-9H2,1H3. The van der Waals surface area contributed by atoms with Crippen LogP contribution >= 0.6 is 0 Å². The summed E-state index contributed by atoms with van der Waals surface area (Å²) in [5.74, 6) is 0.672. The predicted octanol–water partition coefficient (Wildman–Crippen LogP) is 2.41. The first kappa shape index (κ1) is 11.5. The van der Waals surface area contributed by atoms with Gasteiger partial charge in [-0.05, 0) is 12.3 Å². The summed E-state index contributed by atoms with van der Waals surface area (Å²) in [6, 6.07) is 0. The molecule has 1 fully saturated rings. The van der Waals surface area contributed by atoms with Gasteiger partial charge in [0.25, 0.3) is 0 Å². The van der Waals surface area contributed by atoms with Crippen LogP contribution in [0.3, 0.4) is 0 Å². The molecule has 0 amide bonds. The van der Waals surface area contributed by atoms with Gasteiger partial charge in [0.1, 0.15) is 0 Å². The van der Waals surface area contributed by atoms with Gasteiger partial charge in [-0.1, -0.05) is 39.0 Å². The Balaban J connectivity index is 1.94. The number of nitrogens with one attached hydrogen (secondary N) is 1. The van der Waals surface area contributed by atoms with Crippen LogP contribution in [0.2, 0.25) is 0 Å². The zero-order valence-corrected chi connectivity index (χ0v) is 9.05. The number of carbonyl (C=O) groups excluding carboxylic acids is 1. The Morgan fingerprint density at radius 3 is 2.71 bits per heavy atom. The van der Waals surface area contributed by atoms with E-state index in [1.807, 2.05) is 0 Å². The fraction of sp³-hybridized carbons (Fsp3) is 0.909. The Kier molecular flexibility index (Phi) is 5.60. The van der Waals surface area contributed by atoms with Crippen LogP contribution in [0, 0.1) is 5.92 Å². The summed E-state index contributed by atoms with van der Waals surface area (Å²) < 4.78 is 0. The van der Waals surface area contributed by atoms with Crippen molar-refractivity contribution in [2.75, 3.05) is 6.54 Å². The highest BCUT2D eigenvalue weighted by Crippen LogP contribution is 2.25. The number of rotatable bonds is 5. The van der Waals surface area contributed by atoms with Crippen LogP contribution < -0.4 is 5.48 Å². The van der Waals surface area contributed by atoms with E-state index in [0.717, 1.165) is 18.9 Å². The lowest BCUT2D eigenvalue weighted by molar-refractivity contribution is -0.150. The molecule has 1 saturated carbocycles. The Bertz CT molecular complexity index is 165. The molecule has 0 heterocycles. The third kappa shape index (κ3) is 4.61. The zero-order valence-electron chi connectivity index (χ0n) is 9.05. The maximum absolute atomic E-state index is 10.8. The molecule has 1 aliphatic rings. The van der Waals surface area contributed by atoms with Gasteiger partial charge in [0.2, 0.25) is 0 Å². The SMILES string of the molecule is CCC(=O)ONCCC1CCCCC1. The quantitative estimate of drug-likeness (QED) is 0.546. The molecule has 3 heteroatoms. The molecular formula is C11H21NO2. The summed E-state index contributed by atoms with van der Waals surface area (Å²) in [7, 11) is 0. The van der Waals surface area contributed by atoms with Gasteiger partial charge in [0, 0.05) is 13.0 Å². The maximum atomic E-state index is 10.8.